The second kappa shape index (κ2) is 4.07. The smallest absolute Gasteiger partial charge is 0.320 e. The molecule has 0 radical (unpaired) electrons. The van der Waals surface area contributed by atoms with Crippen molar-refractivity contribution in [3.05, 3.63) is 0 Å². The van der Waals surface area contributed by atoms with Crippen LogP contribution >= 0.6 is 0 Å². The van der Waals surface area contributed by atoms with Crippen molar-refractivity contribution in [2.75, 3.05) is 26.2 Å². The number of hydrogen-bond acceptors (Lipinski definition) is 4. The topological polar surface area (TPSA) is 41.6 Å². The fraction of sp³-hybridized carbons (Fsp3) is 0.889. The van der Waals surface area contributed by atoms with Crippen LogP contribution in [0.5, 0.6) is 0 Å². The van der Waals surface area contributed by atoms with Gasteiger partial charge in [-0.15, -0.1) is 0 Å². The van der Waals surface area contributed by atoms with Crippen molar-refractivity contribution in [1.82, 2.24) is 10.2 Å². The van der Waals surface area contributed by atoms with E-state index in [4.69, 9.17) is 4.74 Å². The summed E-state index contributed by atoms with van der Waals surface area (Å²) in [5.41, 5.74) is 0. The van der Waals surface area contributed by atoms with Gasteiger partial charge in [-0.25, -0.2) is 0 Å². The summed E-state index contributed by atoms with van der Waals surface area (Å²) < 4.78 is 4.89. The third kappa shape index (κ3) is 2.19. The highest BCUT2D eigenvalue weighted by molar-refractivity contribution is 5.72. The van der Waals surface area contributed by atoms with Gasteiger partial charge in [0.15, 0.2) is 0 Å². The molecule has 0 aromatic rings. The van der Waals surface area contributed by atoms with Gasteiger partial charge >= 0.3 is 5.97 Å². The first-order valence-electron chi connectivity index (χ1n) is 4.99. The Morgan fingerprint density at radius 1 is 1.46 bits per heavy atom. The molecule has 0 aliphatic carbocycles. The van der Waals surface area contributed by atoms with Gasteiger partial charge in [0.1, 0.15) is 6.61 Å². The zero-order valence-corrected chi connectivity index (χ0v) is 7.79. The molecule has 74 valence electrons. The molecule has 2 heterocycles. The molecule has 2 rings (SSSR count). The monoisotopic (exact) mass is 184 g/mol. The maximum Gasteiger partial charge on any atom is 0.320 e. The molecule has 4 heteroatoms. The molecule has 0 spiro atoms. The van der Waals surface area contributed by atoms with Crippen molar-refractivity contribution in [3.8, 4) is 0 Å². The molecule has 4 nitrogen and oxygen atoms in total. The summed E-state index contributed by atoms with van der Waals surface area (Å²) in [5.74, 6) is -0.0846. The average Bonchev–Trinajstić information content (AvgIpc) is 2.19. The van der Waals surface area contributed by atoms with Crippen LogP contribution in [0.15, 0.2) is 0 Å². The summed E-state index contributed by atoms with van der Waals surface area (Å²) in [6.45, 7) is 2.97. The van der Waals surface area contributed by atoms with Crippen molar-refractivity contribution >= 4 is 5.97 Å². The standard InChI is InChI=1S/C9H16N2O2/c12-9-7-11(5-6-13-9)8-3-1-2-4-10-8/h8,10H,1-7H2. The summed E-state index contributed by atoms with van der Waals surface area (Å²) in [7, 11) is 0. The van der Waals surface area contributed by atoms with Crippen molar-refractivity contribution in [2.45, 2.75) is 25.4 Å². The molecule has 2 fully saturated rings. The molecule has 0 amide bonds. The van der Waals surface area contributed by atoms with E-state index < -0.39 is 0 Å². The minimum Gasteiger partial charge on any atom is -0.463 e. The van der Waals surface area contributed by atoms with Gasteiger partial charge in [-0.2, -0.15) is 0 Å². The molecule has 0 aromatic heterocycles. The first-order valence-corrected chi connectivity index (χ1v) is 4.99. The van der Waals surface area contributed by atoms with Crippen molar-refractivity contribution < 1.29 is 9.53 Å². The lowest BCUT2D eigenvalue weighted by Crippen LogP contribution is -2.53. The van der Waals surface area contributed by atoms with Crippen LogP contribution in [0.1, 0.15) is 19.3 Å². The first-order chi connectivity index (χ1) is 6.36. The van der Waals surface area contributed by atoms with Gasteiger partial charge in [0.2, 0.25) is 0 Å². The van der Waals surface area contributed by atoms with Crippen LogP contribution in [0.3, 0.4) is 0 Å². The largest absolute Gasteiger partial charge is 0.463 e. The zero-order chi connectivity index (χ0) is 9.10. The zero-order valence-electron chi connectivity index (χ0n) is 7.79. The lowest BCUT2D eigenvalue weighted by molar-refractivity contribution is -0.152. The molecule has 0 aromatic carbocycles. The Morgan fingerprint density at radius 2 is 2.38 bits per heavy atom. The van der Waals surface area contributed by atoms with Crippen LogP contribution in [0.2, 0.25) is 0 Å². The van der Waals surface area contributed by atoms with Gasteiger partial charge < -0.3 is 10.1 Å². The highest BCUT2D eigenvalue weighted by Gasteiger charge is 2.25. The number of hydrogen-bond donors (Lipinski definition) is 1. The summed E-state index contributed by atoms with van der Waals surface area (Å²) in [6, 6.07) is 0. The van der Waals surface area contributed by atoms with E-state index in [0.29, 0.717) is 19.3 Å². The molecule has 0 bridgehead atoms. The SMILES string of the molecule is O=C1CN(C2CCCCN2)CCO1. The summed E-state index contributed by atoms with van der Waals surface area (Å²) in [6.07, 6.45) is 4.09. The molecular formula is C9H16N2O2. The van der Waals surface area contributed by atoms with E-state index in [0.717, 1.165) is 19.5 Å². The first kappa shape index (κ1) is 8.97. The van der Waals surface area contributed by atoms with Crippen LogP contribution < -0.4 is 5.32 Å². The van der Waals surface area contributed by atoms with E-state index in [1.807, 2.05) is 0 Å². The Bertz CT molecular complexity index is 190. The van der Waals surface area contributed by atoms with E-state index in [2.05, 4.69) is 10.2 Å². The fourth-order valence-electron chi connectivity index (χ4n) is 1.98. The van der Waals surface area contributed by atoms with Crippen LogP contribution in [-0.2, 0) is 9.53 Å². The Balaban J connectivity index is 1.87. The van der Waals surface area contributed by atoms with E-state index in [-0.39, 0.29) is 5.97 Å². The van der Waals surface area contributed by atoms with Crippen molar-refractivity contribution in [1.29, 1.82) is 0 Å². The van der Waals surface area contributed by atoms with Gasteiger partial charge in [0, 0.05) is 6.54 Å². The normalized spacial score (nSPS) is 31.4. The lowest BCUT2D eigenvalue weighted by atomic mass is 10.1. The van der Waals surface area contributed by atoms with Crippen molar-refractivity contribution in [2.24, 2.45) is 0 Å². The van der Waals surface area contributed by atoms with Gasteiger partial charge in [0.25, 0.3) is 0 Å². The van der Waals surface area contributed by atoms with Gasteiger partial charge in [-0.05, 0) is 25.8 Å². The number of cyclic esters (lactones) is 1. The average molecular weight is 184 g/mol. The fourth-order valence-corrected chi connectivity index (χ4v) is 1.98. The van der Waals surface area contributed by atoms with Crippen LogP contribution in [0.4, 0.5) is 0 Å². The van der Waals surface area contributed by atoms with Gasteiger partial charge in [-0.1, -0.05) is 0 Å². The molecule has 13 heavy (non-hydrogen) atoms. The number of carbonyl (C=O) groups excluding carboxylic acids is 1. The Kier molecular flexibility index (Phi) is 2.80. The van der Waals surface area contributed by atoms with Crippen LogP contribution in [0, 0.1) is 0 Å². The Labute approximate surface area is 78.2 Å². The van der Waals surface area contributed by atoms with Crippen LogP contribution in [0.25, 0.3) is 0 Å². The minimum atomic E-state index is -0.0846. The quantitative estimate of drug-likeness (QED) is 0.580. The third-order valence-electron chi connectivity index (χ3n) is 2.70. The lowest BCUT2D eigenvalue weighted by Gasteiger charge is -2.36. The predicted molar refractivity (Wildman–Crippen MR) is 48.2 cm³/mol. The molecule has 2 saturated heterocycles. The Morgan fingerprint density at radius 3 is 3.08 bits per heavy atom. The molecule has 0 saturated carbocycles. The second-order valence-corrected chi connectivity index (χ2v) is 3.66. The van der Waals surface area contributed by atoms with E-state index in [1.165, 1.54) is 12.8 Å². The molecule has 2 aliphatic heterocycles. The number of ether oxygens (including phenoxy) is 1. The molecule has 1 N–H and O–H groups in total. The van der Waals surface area contributed by atoms with Crippen molar-refractivity contribution in [3.63, 3.8) is 0 Å². The number of rotatable bonds is 1. The maximum atomic E-state index is 11.0. The van der Waals surface area contributed by atoms with E-state index >= 15 is 0 Å². The minimum absolute atomic E-state index is 0.0846. The molecule has 1 unspecified atom stereocenters. The number of nitrogens with one attached hydrogen (secondary N) is 1. The van der Waals surface area contributed by atoms with Gasteiger partial charge in [-0.3, -0.25) is 9.69 Å². The maximum absolute atomic E-state index is 11.0. The molecule has 2 aliphatic rings. The molecular weight excluding hydrogens is 168 g/mol. The number of nitrogens with zero attached hydrogens (tertiary/aromatic N) is 1. The number of esters is 1. The third-order valence-corrected chi connectivity index (χ3v) is 2.70. The molecule has 1 atom stereocenters. The highest BCUT2D eigenvalue weighted by Crippen LogP contribution is 2.12. The number of morpholine rings is 1. The van der Waals surface area contributed by atoms with E-state index in [1.54, 1.807) is 0 Å². The van der Waals surface area contributed by atoms with E-state index in [9.17, 15) is 4.79 Å². The van der Waals surface area contributed by atoms with Gasteiger partial charge in [0.05, 0.1) is 12.7 Å². The predicted octanol–water partition coefficient (Wildman–Crippen LogP) is -0.0552. The second-order valence-electron chi connectivity index (χ2n) is 3.66. The van der Waals surface area contributed by atoms with Crippen LogP contribution in [-0.4, -0.2) is 43.3 Å². The number of carbonyl (C=O) groups is 1. The summed E-state index contributed by atoms with van der Waals surface area (Å²) >= 11 is 0. The Hall–Kier alpha value is -0.610. The number of piperidine rings is 1. The highest BCUT2D eigenvalue weighted by atomic mass is 16.5. The summed E-state index contributed by atoms with van der Waals surface area (Å²) in [5, 5.41) is 3.43. The summed E-state index contributed by atoms with van der Waals surface area (Å²) in [4.78, 5) is 13.2.